The molecule has 2 rings (SSSR count). The molecule has 1 aromatic heterocycles. The molecule has 1 N–H and O–H groups in total. The van der Waals surface area contributed by atoms with Gasteiger partial charge in [-0.15, -0.1) is 11.8 Å². The van der Waals surface area contributed by atoms with E-state index in [0.29, 0.717) is 6.10 Å². The zero-order chi connectivity index (χ0) is 9.97. The van der Waals surface area contributed by atoms with E-state index in [1.807, 2.05) is 25.6 Å². The van der Waals surface area contributed by atoms with Crippen LogP contribution in [-0.2, 0) is 0 Å². The van der Waals surface area contributed by atoms with Crippen molar-refractivity contribution in [3.63, 3.8) is 0 Å². The van der Waals surface area contributed by atoms with Gasteiger partial charge in [0.2, 0.25) is 0 Å². The average molecular weight is 210 g/mol. The fourth-order valence-corrected chi connectivity index (χ4v) is 1.64. The quantitative estimate of drug-likeness (QED) is 0.774. The van der Waals surface area contributed by atoms with Gasteiger partial charge in [0.05, 0.1) is 11.0 Å². The molecule has 0 saturated heterocycles. The topological polar surface area (TPSA) is 34.1 Å². The second kappa shape index (κ2) is 4.09. The van der Waals surface area contributed by atoms with Crippen LogP contribution < -0.4 is 10.1 Å². The summed E-state index contributed by atoms with van der Waals surface area (Å²) in [7, 11) is 1.86. The van der Waals surface area contributed by atoms with Gasteiger partial charge in [0.25, 0.3) is 0 Å². The number of pyridine rings is 1. The number of hydrogen-bond donors (Lipinski definition) is 1. The number of anilines is 1. The van der Waals surface area contributed by atoms with Gasteiger partial charge in [-0.05, 0) is 19.1 Å². The largest absolute Gasteiger partial charge is 0.489 e. The molecular formula is C10H14N2OS. The Morgan fingerprint density at radius 3 is 2.93 bits per heavy atom. The highest BCUT2D eigenvalue weighted by atomic mass is 32.2. The fraction of sp³-hybridized carbons (Fsp3) is 0.500. The number of nitrogens with one attached hydrogen (secondary N) is 1. The van der Waals surface area contributed by atoms with Crippen molar-refractivity contribution in [1.82, 2.24) is 4.98 Å². The van der Waals surface area contributed by atoms with E-state index < -0.39 is 0 Å². The summed E-state index contributed by atoms with van der Waals surface area (Å²) in [5, 5.41) is 3.01. The zero-order valence-electron chi connectivity index (χ0n) is 8.41. The predicted octanol–water partition coefficient (Wildman–Crippen LogP) is 2.39. The number of thioether (sulfide) groups is 1. The lowest BCUT2D eigenvalue weighted by atomic mass is 10.4. The van der Waals surface area contributed by atoms with E-state index in [1.165, 1.54) is 12.8 Å². The molecule has 0 aromatic carbocycles. The van der Waals surface area contributed by atoms with Gasteiger partial charge in [0.15, 0.2) is 0 Å². The lowest BCUT2D eigenvalue weighted by Crippen LogP contribution is -2.00. The van der Waals surface area contributed by atoms with E-state index >= 15 is 0 Å². The lowest BCUT2D eigenvalue weighted by molar-refractivity contribution is 0.296. The summed E-state index contributed by atoms with van der Waals surface area (Å²) in [6, 6.07) is 1.96. The van der Waals surface area contributed by atoms with E-state index in [-0.39, 0.29) is 0 Å². The monoisotopic (exact) mass is 210 g/mol. The van der Waals surface area contributed by atoms with Gasteiger partial charge in [0, 0.05) is 19.3 Å². The maximum atomic E-state index is 5.79. The number of nitrogens with zero attached hydrogens (tertiary/aromatic N) is 1. The normalized spacial score (nSPS) is 15.3. The first-order chi connectivity index (χ1) is 6.83. The van der Waals surface area contributed by atoms with E-state index in [9.17, 15) is 0 Å². The Labute approximate surface area is 88.3 Å². The van der Waals surface area contributed by atoms with Crippen LogP contribution in [0, 0.1) is 0 Å². The fourth-order valence-electron chi connectivity index (χ4n) is 1.17. The number of rotatable bonds is 4. The van der Waals surface area contributed by atoms with Crippen LogP contribution in [0.25, 0.3) is 0 Å². The molecule has 0 amide bonds. The molecule has 0 bridgehead atoms. The van der Waals surface area contributed by atoms with Crippen molar-refractivity contribution in [1.29, 1.82) is 0 Å². The van der Waals surface area contributed by atoms with Crippen molar-refractivity contribution in [2.24, 2.45) is 0 Å². The Hall–Kier alpha value is -0.900. The van der Waals surface area contributed by atoms with Crippen molar-refractivity contribution in [2.45, 2.75) is 23.8 Å². The van der Waals surface area contributed by atoms with E-state index in [0.717, 1.165) is 16.5 Å². The SMILES string of the molecule is CNc1cc(OC2CC2)c(SC)cn1. The molecule has 1 aliphatic carbocycles. The molecule has 76 valence electrons. The molecule has 1 heterocycles. The van der Waals surface area contributed by atoms with E-state index in [4.69, 9.17) is 4.74 Å². The Morgan fingerprint density at radius 1 is 1.57 bits per heavy atom. The summed E-state index contributed by atoms with van der Waals surface area (Å²) in [5.74, 6) is 1.82. The van der Waals surface area contributed by atoms with Gasteiger partial charge < -0.3 is 10.1 Å². The Bertz CT molecular complexity index is 326. The van der Waals surface area contributed by atoms with Crippen molar-refractivity contribution >= 4 is 17.6 Å². The molecule has 1 fully saturated rings. The number of aromatic nitrogens is 1. The second-order valence-corrected chi connectivity index (χ2v) is 4.14. The first-order valence-corrected chi connectivity index (χ1v) is 5.94. The minimum Gasteiger partial charge on any atom is -0.489 e. The molecule has 4 heteroatoms. The standard InChI is InChI=1S/C10H14N2OS/c1-11-10-5-8(13-7-3-4-7)9(14-2)6-12-10/h5-7H,3-4H2,1-2H3,(H,11,12). The maximum absolute atomic E-state index is 5.79. The van der Waals surface area contributed by atoms with Gasteiger partial charge in [-0.25, -0.2) is 4.98 Å². The maximum Gasteiger partial charge on any atom is 0.138 e. The molecule has 0 atom stereocenters. The smallest absolute Gasteiger partial charge is 0.138 e. The predicted molar refractivity (Wildman–Crippen MR) is 59.2 cm³/mol. The Balaban J connectivity index is 2.21. The zero-order valence-corrected chi connectivity index (χ0v) is 9.23. The average Bonchev–Trinajstić information content (AvgIpc) is 3.01. The van der Waals surface area contributed by atoms with Gasteiger partial charge in [-0.2, -0.15) is 0 Å². The molecule has 1 aromatic rings. The molecule has 0 unspecified atom stereocenters. The van der Waals surface area contributed by atoms with Crippen LogP contribution >= 0.6 is 11.8 Å². The molecule has 0 radical (unpaired) electrons. The van der Waals surface area contributed by atoms with Crippen LogP contribution in [0.4, 0.5) is 5.82 Å². The van der Waals surface area contributed by atoms with Gasteiger partial charge in [0.1, 0.15) is 11.6 Å². The lowest BCUT2D eigenvalue weighted by Gasteiger charge is -2.10. The Morgan fingerprint density at radius 2 is 2.36 bits per heavy atom. The van der Waals surface area contributed by atoms with E-state index in [2.05, 4.69) is 10.3 Å². The highest BCUT2D eigenvalue weighted by Gasteiger charge is 2.24. The van der Waals surface area contributed by atoms with Crippen LogP contribution in [0.5, 0.6) is 5.75 Å². The highest BCUT2D eigenvalue weighted by Crippen LogP contribution is 2.34. The van der Waals surface area contributed by atoms with Crippen LogP contribution in [-0.4, -0.2) is 24.4 Å². The molecule has 14 heavy (non-hydrogen) atoms. The molecular weight excluding hydrogens is 196 g/mol. The summed E-state index contributed by atoms with van der Waals surface area (Å²) < 4.78 is 5.79. The third-order valence-corrected chi connectivity index (χ3v) is 2.87. The minimum absolute atomic E-state index is 0.438. The summed E-state index contributed by atoms with van der Waals surface area (Å²) in [5.41, 5.74) is 0. The van der Waals surface area contributed by atoms with Gasteiger partial charge >= 0.3 is 0 Å². The van der Waals surface area contributed by atoms with Crippen LogP contribution in [0.3, 0.4) is 0 Å². The molecule has 3 nitrogen and oxygen atoms in total. The van der Waals surface area contributed by atoms with Crippen molar-refractivity contribution in [3.05, 3.63) is 12.3 Å². The molecule has 0 aliphatic heterocycles. The summed E-state index contributed by atoms with van der Waals surface area (Å²) in [6.45, 7) is 0. The first kappa shape index (κ1) is 9.65. The first-order valence-electron chi connectivity index (χ1n) is 4.72. The summed E-state index contributed by atoms with van der Waals surface area (Å²) >= 11 is 1.67. The molecule has 0 spiro atoms. The minimum atomic E-state index is 0.438. The number of hydrogen-bond acceptors (Lipinski definition) is 4. The molecule has 1 aliphatic rings. The van der Waals surface area contributed by atoms with Gasteiger partial charge in [-0.3, -0.25) is 0 Å². The summed E-state index contributed by atoms with van der Waals surface area (Å²) in [4.78, 5) is 5.35. The third kappa shape index (κ3) is 2.12. The van der Waals surface area contributed by atoms with Gasteiger partial charge in [-0.1, -0.05) is 0 Å². The van der Waals surface area contributed by atoms with Crippen LogP contribution in [0.15, 0.2) is 17.2 Å². The van der Waals surface area contributed by atoms with Crippen molar-refractivity contribution in [3.8, 4) is 5.75 Å². The Kier molecular flexibility index (Phi) is 2.82. The summed E-state index contributed by atoms with van der Waals surface area (Å²) in [6.07, 6.45) is 6.70. The highest BCUT2D eigenvalue weighted by molar-refractivity contribution is 7.98. The van der Waals surface area contributed by atoms with Crippen LogP contribution in [0.2, 0.25) is 0 Å². The third-order valence-electron chi connectivity index (χ3n) is 2.13. The second-order valence-electron chi connectivity index (χ2n) is 3.29. The number of ether oxygens (including phenoxy) is 1. The van der Waals surface area contributed by atoms with Crippen molar-refractivity contribution in [2.75, 3.05) is 18.6 Å². The van der Waals surface area contributed by atoms with E-state index in [1.54, 1.807) is 11.8 Å². The van der Waals surface area contributed by atoms with Crippen LogP contribution in [0.1, 0.15) is 12.8 Å². The van der Waals surface area contributed by atoms with Crippen molar-refractivity contribution < 1.29 is 4.74 Å². The molecule has 1 saturated carbocycles.